The van der Waals surface area contributed by atoms with Gasteiger partial charge in [0, 0.05) is 35.1 Å². The highest BCUT2D eigenvalue weighted by atomic mass is 32.2. The number of hydrogen-bond donors (Lipinski definition) is 1. The van der Waals surface area contributed by atoms with E-state index in [1.807, 2.05) is 23.9 Å². The number of thiophene rings is 1. The fourth-order valence-corrected chi connectivity index (χ4v) is 3.67. The Morgan fingerprint density at radius 1 is 1.25 bits per heavy atom. The van der Waals surface area contributed by atoms with Gasteiger partial charge in [-0.2, -0.15) is 11.8 Å². The molecule has 0 spiro atoms. The lowest BCUT2D eigenvalue weighted by molar-refractivity contribution is -0.116. The van der Waals surface area contributed by atoms with Crippen molar-refractivity contribution in [3.8, 4) is 11.5 Å². The zero-order valence-corrected chi connectivity index (χ0v) is 15.4. The van der Waals surface area contributed by atoms with Crippen LogP contribution in [0.3, 0.4) is 0 Å². The Morgan fingerprint density at radius 3 is 2.62 bits per heavy atom. The summed E-state index contributed by atoms with van der Waals surface area (Å²) in [5.41, 5.74) is 0.855. The van der Waals surface area contributed by atoms with Gasteiger partial charge in [0.2, 0.25) is 5.91 Å². The van der Waals surface area contributed by atoms with Gasteiger partial charge in [-0.1, -0.05) is 6.07 Å². The van der Waals surface area contributed by atoms with Crippen molar-refractivity contribution < 1.29 is 14.3 Å². The third kappa shape index (κ3) is 6.29. The van der Waals surface area contributed by atoms with Gasteiger partial charge in [0.15, 0.2) is 0 Å². The molecule has 0 saturated heterocycles. The van der Waals surface area contributed by atoms with E-state index >= 15 is 0 Å². The first-order valence-electron chi connectivity index (χ1n) is 7.50. The van der Waals surface area contributed by atoms with Crippen LogP contribution in [0.15, 0.2) is 41.8 Å². The fraction of sp³-hybridized carbons (Fsp3) is 0.278. The SMILES string of the molecule is COc1cc(/C=C/C(=O)NCCSCc2cccs2)cc(OC)c1. The summed E-state index contributed by atoms with van der Waals surface area (Å²) < 4.78 is 10.4. The average Bonchev–Trinajstić information content (AvgIpc) is 3.12. The molecule has 0 saturated carbocycles. The van der Waals surface area contributed by atoms with Gasteiger partial charge in [-0.05, 0) is 35.2 Å². The summed E-state index contributed by atoms with van der Waals surface area (Å²) in [5.74, 6) is 3.17. The molecule has 0 aliphatic rings. The molecule has 2 aromatic rings. The molecule has 0 aliphatic heterocycles. The maximum absolute atomic E-state index is 11.8. The topological polar surface area (TPSA) is 47.6 Å². The van der Waals surface area contributed by atoms with Crippen LogP contribution in [0.25, 0.3) is 6.08 Å². The Labute approximate surface area is 150 Å². The van der Waals surface area contributed by atoms with Crippen LogP contribution in [0.2, 0.25) is 0 Å². The van der Waals surface area contributed by atoms with Crippen LogP contribution < -0.4 is 14.8 Å². The number of nitrogens with one attached hydrogen (secondary N) is 1. The third-order valence-corrected chi connectivity index (χ3v) is 5.24. The highest BCUT2D eigenvalue weighted by molar-refractivity contribution is 7.98. The molecule has 24 heavy (non-hydrogen) atoms. The van der Waals surface area contributed by atoms with Crippen LogP contribution in [0.1, 0.15) is 10.4 Å². The van der Waals surface area contributed by atoms with E-state index in [1.165, 1.54) is 11.0 Å². The normalized spacial score (nSPS) is 10.8. The fourth-order valence-electron chi connectivity index (χ4n) is 1.97. The van der Waals surface area contributed by atoms with Crippen LogP contribution in [0, 0.1) is 0 Å². The summed E-state index contributed by atoms with van der Waals surface area (Å²) >= 11 is 3.57. The first-order valence-corrected chi connectivity index (χ1v) is 9.54. The summed E-state index contributed by atoms with van der Waals surface area (Å²) in [4.78, 5) is 13.2. The number of carbonyl (C=O) groups excluding carboxylic acids is 1. The highest BCUT2D eigenvalue weighted by Gasteiger charge is 2.01. The quantitative estimate of drug-likeness (QED) is 0.543. The molecular formula is C18H21NO3S2. The van der Waals surface area contributed by atoms with E-state index in [4.69, 9.17) is 9.47 Å². The molecule has 1 amide bonds. The minimum Gasteiger partial charge on any atom is -0.497 e. The smallest absolute Gasteiger partial charge is 0.244 e. The second kappa shape index (κ2) is 10.1. The van der Waals surface area contributed by atoms with E-state index in [2.05, 4.69) is 22.8 Å². The lowest BCUT2D eigenvalue weighted by Crippen LogP contribution is -2.23. The Hall–Kier alpha value is -1.92. The van der Waals surface area contributed by atoms with Gasteiger partial charge in [-0.25, -0.2) is 0 Å². The van der Waals surface area contributed by atoms with Crippen LogP contribution in [0.4, 0.5) is 0 Å². The van der Waals surface area contributed by atoms with Crippen molar-refractivity contribution in [3.05, 3.63) is 52.2 Å². The van der Waals surface area contributed by atoms with E-state index in [-0.39, 0.29) is 5.91 Å². The van der Waals surface area contributed by atoms with E-state index < -0.39 is 0 Å². The predicted molar refractivity (Wildman–Crippen MR) is 102 cm³/mol. The zero-order chi connectivity index (χ0) is 17.2. The monoisotopic (exact) mass is 363 g/mol. The second-order valence-corrected chi connectivity index (χ2v) is 7.04. The zero-order valence-electron chi connectivity index (χ0n) is 13.8. The minimum absolute atomic E-state index is 0.103. The Morgan fingerprint density at radius 2 is 2.00 bits per heavy atom. The standard InChI is InChI=1S/C18H21NO3S2/c1-21-15-10-14(11-16(12-15)22-2)5-6-18(20)19-7-9-23-13-17-4-3-8-24-17/h3-6,8,10-12H,7,9,13H2,1-2H3,(H,19,20)/b6-5+. The summed E-state index contributed by atoms with van der Waals surface area (Å²) in [6, 6.07) is 9.68. The van der Waals surface area contributed by atoms with E-state index in [9.17, 15) is 4.79 Å². The maximum Gasteiger partial charge on any atom is 0.244 e. The summed E-state index contributed by atoms with van der Waals surface area (Å²) in [5, 5.41) is 4.96. The van der Waals surface area contributed by atoms with Crippen molar-refractivity contribution >= 4 is 35.1 Å². The number of rotatable bonds is 9. The summed E-state index contributed by atoms with van der Waals surface area (Å²) in [6.45, 7) is 0.653. The van der Waals surface area contributed by atoms with Crippen molar-refractivity contribution in [2.45, 2.75) is 5.75 Å². The molecule has 0 unspecified atom stereocenters. The lowest BCUT2D eigenvalue weighted by Gasteiger charge is -2.06. The van der Waals surface area contributed by atoms with Gasteiger partial charge in [0.25, 0.3) is 0 Å². The molecule has 0 radical (unpaired) electrons. The van der Waals surface area contributed by atoms with Crippen molar-refractivity contribution in [2.24, 2.45) is 0 Å². The molecular weight excluding hydrogens is 342 g/mol. The number of ether oxygens (including phenoxy) is 2. The van der Waals surface area contributed by atoms with Gasteiger partial charge in [-0.3, -0.25) is 4.79 Å². The van der Waals surface area contributed by atoms with Crippen molar-refractivity contribution in [3.63, 3.8) is 0 Å². The second-order valence-electron chi connectivity index (χ2n) is 4.90. The molecule has 0 atom stereocenters. The lowest BCUT2D eigenvalue weighted by atomic mass is 10.2. The molecule has 128 valence electrons. The molecule has 0 aliphatic carbocycles. The van der Waals surface area contributed by atoms with Crippen molar-refractivity contribution in [1.82, 2.24) is 5.32 Å². The number of hydrogen-bond acceptors (Lipinski definition) is 5. The average molecular weight is 364 g/mol. The van der Waals surface area contributed by atoms with Gasteiger partial charge in [-0.15, -0.1) is 11.3 Å². The Balaban J connectivity index is 1.74. The molecule has 1 aromatic heterocycles. The number of benzene rings is 1. The Kier molecular flexibility index (Phi) is 7.71. The first-order chi connectivity index (χ1) is 11.7. The molecule has 6 heteroatoms. The maximum atomic E-state index is 11.8. The molecule has 2 rings (SSSR count). The van der Waals surface area contributed by atoms with Gasteiger partial charge in [0.05, 0.1) is 14.2 Å². The molecule has 1 N–H and O–H groups in total. The molecule has 1 aromatic carbocycles. The van der Waals surface area contributed by atoms with E-state index in [0.29, 0.717) is 18.0 Å². The van der Waals surface area contributed by atoms with Crippen LogP contribution >= 0.6 is 23.1 Å². The van der Waals surface area contributed by atoms with Crippen molar-refractivity contribution in [1.29, 1.82) is 0 Å². The highest BCUT2D eigenvalue weighted by Crippen LogP contribution is 2.23. The molecule has 0 bridgehead atoms. The molecule has 0 fully saturated rings. The first kappa shape index (κ1) is 18.4. The van der Waals surface area contributed by atoms with Crippen LogP contribution in [0.5, 0.6) is 11.5 Å². The van der Waals surface area contributed by atoms with Crippen molar-refractivity contribution in [2.75, 3.05) is 26.5 Å². The van der Waals surface area contributed by atoms with Gasteiger partial charge >= 0.3 is 0 Å². The number of thioether (sulfide) groups is 1. The van der Waals surface area contributed by atoms with Gasteiger partial charge in [0.1, 0.15) is 11.5 Å². The molecule has 4 nitrogen and oxygen atoms in total. The number of methoxy groups -OCH3 is 2. The van der Waals surface area contributed by atoms with E-state index in [1.54, 1.807) is 37.7 Å². The molecule has 1 heterocycles. The number of amides is 1. The minimum atomic E-state index is -0.103. The predicted octanol–water partition coefficient (Wildman–Crippen LogP) is 3.83. The number of carbonyl (C=O) groups is 1. The van der Waals surface area contributed by atoms with Crippen LogP contribution in [-0.4, -0.2) is 32.4 Å². The largest absolute Gasteiger partial charge is 0.497 e. The summed E-state index contributed by atoms with van der Waals surface area (Å²) in [7, 11) is 3.20. The third-order valence-electron chi connectivity index (χ3n) is 3.17. The van der Waals surface area contributed by atoms with Gasteiger partial charge < -0.3 is 14.8 Å². The van der Waals surface area contributed by atoms with E-state index in [0.717, 1.165) is 17.1 Å². The Bertz CT molecular complexity index is 647. The van der Waals surface area contributed by atoms with Crippen LogP contribution in [-0.2, 0) is 10.5 Å². The summed E-state index contributed by atoms with van der Waals surface area (Å²) in [6.07, 6.45) is 3.28.